The predicted molar refractivity (Wildman–Crippen MR) is 316 cm³/mol. The largest absolute Gasteiger partial charge is 0.462 e. The van der Waals surface area contributed by atoms with Gasteiger partial charge in [0.15, 0.2) is 6.10 Å². The molecule has 0 aliphatic heterocycles. The van der Waals surface area contributed by atoms with E-state index in [0.29, 0.717) is 19.3 Å². The monoisotopic (exact) mass is 1020 g/mol. The van der Waals surface area contributed by atoms with Crippen molar-refractivity contribution in [1.29, 1.82) is 0 Å². The molecule has 0 aromatic carbocycles. The Kier molecular flexibility index (Phi) is 58.7. The molecule has 422 valence electrons. The van der Waals surface area contributed by atoms with E-state index in [1.54, 1.807) is 0 Å². The van der Waals surface area contributed by atoms with Gasteiger partial charge in [0.05, 0.1) is 0 Å². The molecule has 0 rings (SSSR count). The van der Waals surface area contributed by atoms with E-state index >= 15 is 0 Å². The number of esters is 3. The maximum Gasteiger partial charge on any atom is 0.306 e. The van der Waals surface area contributed by atoms with Crippen molar-refractivity contribution in [3.63, 3.8) is 0 Å². The number of allylic oxidation sites excluding steroid dienone is 12. The van der Waals surface area contributed by atoms with E-state index in [1.807, 2.05) is 0 Å². The summed E-state index contributed by atoms with van der Waals surface area (Å²) in [6, 6.07) is 0. The molecule has 0 bridgehead atoms. The van der Waals surface area contributed by atoms with Gasteiger partial charge in [0.2, 0.25) is 0 Å². The van der Waals surface area contributed by atoms with Crippen LogP contribution in [0.4, 0.5) is 0 Å². The van der Waals surface area contributed by atoms with E-state index in [2.05, 4.69) is 93.7 Å². The highest BCUT2D eigenvalue weighted by molar-refractivity contribution is 5.71. The maximum absolute atomic E-state index is 12.9. The van der Waals surface area contributed by atoms with Gasteiger partial charge in [-0.1, -0.05) is 261 Å². The van der Waals surface area contributed by atoms with Gasteiger partial charge in [-0.05, 0) is 109 Å². The molecule has 0 saturated heterocycles. The Morgan fingerprint density at radius 3 is 0.863 bits per heavy atom. The van der Waals surface area contributed by atoms with Crippen LogP contribution < -0.4 is 0 Å². The number of hydrogen-bond donors (Lipinski definition) is 0. The number of carbonyl (C=O) groups excluding carboxylic acids is 3. The van der Waals surface area contributed by atoms with Crippen LogP contribution in [-0.2, 0) is 28.6 Å². The van der Waals surface area contributed by atoms with Crippen molar-refractivity contribution in [3.05, 3.63) is 72.9 Å². The third-order valence-electron chi connectivity index (χ3n) is 13.7. The highest BCUT2D eigenvalue weighted by atomic mass is 16.6. The van der Waals surface area contributed by atoms with Crippen molar-refractivity contribution in [1.82, 2.24) is 0 Å². The summed E-state index contributed by atoms with van der Waals surface area (Å²) in [5.74, 6) is -0.895. The summed E-state index contributed by atoms with van der Waals surface area (Å²) in [5.41, 5.74) is 0. The van der Waals surface area contributed by atoms with E-state index < -0.39 is 6.10 Å². The molecule has 0 spiro atoms. The number of carbonyl (C=O) groups is 3. The van der Waals surface area contributed by atoms with Crippen molar-refractivity contribution >= 4 is 17.9 Å². The summed E-state index contributed by atoms with van der Waals surface area (Å²) in [5, 5.41) is 0. The Balaban J connectivity index is 4.33. The first-order valence-electron chi connectivity index (χ1n) is 31.4. The van der Waals surface area contributed by atoms with E-state index in [9.17, 15) is 14.4 Å². The van der Waals surface area contributed by atoms with E-state index in [4.69, 9.17) is 14.2 Å². The molecule has 0 aromatic heterocycles. The van der Waals surface area contributed by atoms with Gasteiger partial charge >= 0.3 is 17.9 Å². The fourth-order valence-corrected chi connectivity index (χ4v) is 8.95. The van der Waals surface area contributed by atoms with Gasteiger partial charge in [-0.2, -0.15) is 0 Å². The molecule has 0 aromatic rings. The molecule has 0 amide bonds. The molecular weight excluding hydrogens is 901 g/mol. The fraction of sp³-hybridized carbons (Fsp3) is 0.776. The number of ether oxygens (including phenoxy) is 3. The average Bonchev–Trinajstić information content (AvgIpc) is 3.39. The van der Waals surface area contributed by atoms with Crippen molar-refractivity contribution < 1.29 is 28.6 Å². The molecule has 1 atom stereocenters. The van der Waals surface area contributed by atoms with Crippen LogP contribution in [0.2, 0.25) is 0 Å². The summed E-state index contributed by atoms with van der Waals surface area (Å²) < 4.78 is 16.9. The van der Waals surface area contributed by atoms with Crippen LogP contribution >= 0.6 is 0 Å². The maximum atomic E-state index is 12.9. The van der Waals surface area contributed by atoms with Crippen molar-refractivity contribution in [2.75, 3.05) is 13.2 Å². The minimum atomic E-state index is -0.787. The summed E-state index contributed by atoms with van der Waals surface area (Å²) in [6.07, 6.45) is 79.0. The molecule has 0 heterocycles. The lowest BCUT2D eigenvalue weighted by Crippen LogP contribution is -2.30. The molecule has 0 fully saturated rings. The first-order valence-corrected chi connectivity index (χ1v) is 31.4. The van der Waals surface area contributed by atoms with E-state index in [0.717, 1.165) is 103 Å². The molecule has 1 unspecified atom stereocenters. The quantitative estimate of drug-likeness (QED) is 0.0261. The Morgan fingerprint density at radius 2 is 0.534 bits per heavy atom. The van der Waals surface area contributed by atoms with Crippen LogP contribution in [0, 0.1) is 0 Å². The third kappa shape index (κ3) is 59.6. The predicted octanol–water partition coefficient (Wildman–Crippen LogP) is 21.3. The van der Waals surface area contributed by atoms with Crippen LogP contribution in [0.1, 0.15) is 316 Å². The van der Waals surface area contributed by atoms with Gasteiger partial charge in [-0.25, -0.2) is 0 Å². The number of unbranched alkanes of at least 4 members (excludes halogenated alkanes) is 34. The molecule has 73 heavy (non-hydrogen) atoms. The first kappa shape index (κ1) is 69.8. The Bertz CT molecular complexity index is 1360. The lowest BCUT2D eigenvalue weighted by Gasteiger charge is -2.18. The second-order valence-electron chi connectivity index (χ2n) is 20.9. The average molecular weight is 1020 g/mol. The number of hydrogen-bond acceptors (Lipinski definition) is 6. The van der Waals surface area contributed by atoms with Gasteiger partial charge in [0.1, 0.15) is 13.2 Å². The lowest BCUT2D eigenvalue weighted by molar-refractivity contribution is -0.167. The number of rotatable bonds is 57. The summed E-state index contributed by atoms with van der Waals surface area (Å²) in [4.78, 5) is 38.3. The summed E-state index contributed by atoms with van der Waals surface area (Å²) in [6.45, 7) is 6.52. The van der Waals surface area contributed by atoms with Crippen LogP contribution in [0.5, 0.6) is 0 Å². The van der Waals surface area contributed by atoms with Crippen LogP contribution in [0.15, 0.2) is 72.9 Å². The summed E-state index contributed by atoms with van der Waals surface area (Å²) >= 11 is 0. The Hall–Kier alpha value is -3.15. The van der Waals surface area contributed by atoms with Gasteiger partial charge in [0, 0.05) is 19.3 Å². The zero-order valence-corrected chi connectivity index (χ0v) is 48.4. The van der Waals surface area contributed by atoms with Crippen molar-refractivity contribution in [2.45, 2.75) is 322 Å². The van der Waals surface area contributed by atoms with E-state index in [1.165, 1.54) is 173 Å². The fourth-order valence-electron chi connectivity index (χ4n) is 8.95. The van der Waals surface area contributed by atoms with Crippen LogP contribution in [-0.4, -0.2) is 37.2 Å². The molecule has 0 aliphatic rings. The lowest BCUT2D eigenvalue weighted by atomic mass is 10.0. The van der Waals surface area contributed by atoms with E-state index in [-0.39, 0.29) is 31.1 Å². The molecule has 0 N–H and O–H groups in total. The second-order valence-corrected chi connectivity index (χ2v) is 20.9. The smallest absolute Gasteiger partial charge is 0.306 e. The Labute approximate surface area is 453 Å². The van der Waals surface area contributed by atoms with Gasteiger partial charge < -0.3 is 14.2 Å². The van der Waals surface area contributed by atoms with Crippen molar-refractivity contribution in [2.24, 2.45) is 0 Å². The van der Waals surface area contributed by atoms with Crippen molar-refractivity contribution in [3.8, 4) is 0 Å². The topological polar surface area (TPSA) is 78.9 Å². The highest BCUT2D eigenvalue weighted by Gasteiger charge is 2.19. The highest BCUT2D eigenvalue weighted by Crippen LogP contribution is 2.16. The molecule has 6 nitrogen and oxygen atoms in total. The minimum Gasteiger partial charge on any atom is -0.462 e. The normalized spacial score (nSPS) is 12.5. The first-order chi connectivity index (χ1) is 36.0. The molecule has 6 heteroatoms. The zero-order valence-electron chi connectivity index (χ0n) is 48.4. The molecule has 0 aliphatic carbocycles. The van der Waals surface area contributed by atoms with Gasteiger partial charge in [0.25, 0.3) is 0 Å². The molecule has 0 radical (unpaired) electrons. The SMILES string of the molecule is CC/C=C\C/C=C\C/C=C\C/C=C\CCCCCCCCC(=O)OC(COC(=O)CCCCCCC/C=C\CCCCCC)COC(=O)CCCCCCCCCCCCC/C=C\CCCCCCCCCC. The summed E-state index contributed by atoms with van der Waals surface area (Å²) in [7, 11) is 0. The minimum absolute atomic E-state index is 0.0830. The van der Waals surface area contributed by atoms with Gasteiger partial charge in [-0.15, -0.1) is 0 Å². The standard InChI is InChI=1S/C67H118O6/c1-4-7-10-13-16-19-22-25-27-29-31-32-33-34-36-37-39-42-45-48-51-54-57-60-66(69)72-63-64(62-71-65(68)59-56-53-50-47-44-41-24-21-18-15-12-9-6-3)73-67(70)61-58-55-52-49-46-43-40-38-35-30-28-26-23-20-17-14-11-8-5-2/h8,11,17,20-21,24,26,28-29,31,35,38,64H,4-7,9-10,12-16,18-19,22-23,25,27,30,32-34,36-37,39-63H2,1-3H3/b11-8-,20-17-,24-21-,28-26-,31-29-,38-35-. The second kappa shape index (κ2) is 61.4. The van der Waals surface area contributed by atoms with Gasteiger partial charge in [-0.3, -0.25) is 14.4 Å². The molecular formula is C67H118O6. The zero-order chi connectivity index (χ0) is 52.9. The third-order valence-corrected chi connectivity index (χ3v) is 13.7. The molecule has 0 saturated carbocycles. The Morgan fingerprint density at radius 1 is 0.288 bits per heavy atom. The van der Waals surface area contributed by atoms with Crippen LogP contribution in [0.3, 0.4) is 0 Å². The van der Waals surface area contributed by atoms with Crippen LogP contribution in [0.25, 0.3) is 0 Å².